The smallest absolute Gasteiger partial charge is 0.104 e. The average molecular weight is 158 g/mol. The lowest BCUT2D eigenvalue weighted by Crippen LogP contribution is -2.38. The minimum atomic E-state index is -0.226. The molecule has 1 unspecified atom stereocenters. The highest BCUT2D eigenvalue weighted by atomic mass is 16.6. The standard InChI is InChI=1S/C8H14O3/c9-8(6-1-2-6)5-11-7-3-10-4-7/h6-9H,1-5H2. The van der Waals surface area contributed by atoms with Crippen molar-refractivity contribution in [2.45, 2.75) is 25.0 Å². The average Bonchev–Trinajstić information content (AvgIpc) is 2.64. The van der Waals surface area contributed by atoms with E-state index in [0.29, 0.717) is 25.7 Å². The third-order valence-corrected chi connectivity index (χ3v) is 2.28. The number of hydrogen-bond donors (Lipinski definition) is 1. The molecule has 0 aromatic rings. The molecule has 3 heteroatoms. The number of hydrogen-bond acceptors (Lipinski definition) is 3. The summed E-state index contributed by atoms with van der Waals surface area (Å²) in [6.07, 6.45) is 2.37. The van der Waals surface area contributed by atoms with Gasteiger partial charge in [-0.15, -0.1) is 0 Å². The molecule has 1 saturated heterocycles. The molecule has 1 aliphatic carbocycles. The van der Waals surface area contributed by atoms with Gasteiger partial charge in [0.25, 0.3) is 0 Å². The number of rotatable bonds is 4. The van der Waals surface area contributed by atoms with Crippen molar-refractivity contribution >= 4 is 0 Å². The van der Waals surface area contributed by atoms with E-state index in [4.69, 9.17) is 9.47 Å². The second-order valence-electron chi connectivity index (χ2n) is 3.40. The summed E-state index contributed by atoms with van der Waals surface area (Å²) < 4.78 is 10.3. The topological polar surface area (TPSA) is 38.7 Å². The number of aliphatic hydroxyl groups excluding tert-OH is 1. The molecular weight excluding hydrogens is 144 g/mol. The molecule has 0 aromatic carbocycles. The number of ether oxygens (including phenoxy) is 2. The molecule has 1 saturated carbocycles. The Hall–Kier alpha value is -0.120. The molecule has 0 aromatic heterocycles. The van der Waals surface area contributed by atoms with Gasteiger partial charge in [0.2, 0.25) is 0 Å². The van der Waals surface area contributed by atoms with Crippen molar-refractivity contribution in [3.63, 3.8) is 0 Å². The van der Waals surface area contributed by atoms with Gasteiger partial charge in [-0.05, 0) is 18.8 Å². The molecule has 2 rings (SSSR count). The highest BCUT2D eigenvalue weighted by Gasteiger charge is 2.31. The van der Waals surface area contributed by atoms with Gasteiger partial charge in [-0.25, -0.2) is 0 Å². The van der Waals surface area contributed by atoms with Crippen LogP contribution in [0.3, 0.4) is 0 Å². The van der Waals surface area contributed by atoms with Gasteiger partial charge in [-0.1, -0.05) is 0 Å². The molecule has 0 radical (unpaired) electrons. The van der Waals surface area contributed by atoms with E-state index in [-0.39, 0.29) is 12.2 Å². The van der Waals surface area contributed by atoms with Crippen LogP contribution >= 0.6 is 0 Å². The normalized spacial score (nSPS) is 28.1. The van der Waals surface area contributed by atoms with Crippen molar-refractivity contribution in [3.8, 4) is 0 Å². The molecule has 2 fully saturated rings. The van der Waals surface area contributed by atoms with Crippen LogP contribution in [0.4, 0.5) is 0 Å². The lowest BCUT2D eigenvalue weighted by atomic mass is 10.2. The molecule has 1 N–H and O–H groups in total. The SMILES string of the molecule is OC(COC1COC1)C1CC1. The van der Waals surface area contributed by atoms with E-state index in [9.17, 15) is 5.11 Å². The lowest BCUT2D eigenvalue weighted by molar-refractivity contribution is -0.144. The van der Waals surface area contributed by atoms with Gasteiger partial charge in [0.05, 0.1) is 25.9 Å². The Morgan fingerprint density at radius 2 is 2.18 bits per heavy atom. The van der Waals surface area contributed by atoms with Crippen LogP contribution in [0.2, 0.25) is 0 Å². The van der Waals surface area contributed by atoms with E-state index in [1.54, 1.807) is 0 Å². The molecule has 1 aliphatic heterocycles. The van der Waals surface area contributed by atoms with Crippen LogP contribution in [0, 0.1) is 5.92 Å². The van der Waals surface area contributed by atoms with Gasteiger partial charge in [0, 0.05) is 0 Å². The second kappa shape index (κ2) is 3.09. The van der Waals surface area contributed by atoms with Crippen LogP contribution in [-0.2, 0) is 9.47 Å². The van der Waals surface area contributed by atoms with Gasteiger partial charge in [-0.2, -0.15) is 0 Å². The zero-order chi connectivity index (χ0) is 7.68. The fraction of sp³-hybridized carbons (Fsp3) is 1.00. The summed E-state index contributed by atoms with van der Waals surface area (Å²) in [4.78, 5) is 0. The fourth-order valence-electron chi connectivity index (χ4n) is 1.16. The monoisotopic (exact) mass is 158 g/mol. The fourth-order valence-corrected chi connectivity index (χ4v) is 1.16. The summed E-state index contributed by atoms with van der Waals surface area (Å²) >= 11 is 0. The minimum Gasteiger partial charge on any atom is -0.390 e. The Morgan fingerprint density at radius 3 is 2.64 bits per heavy atom. The van der Waals surface area contributed by atoms with E-state index in [2.05, 4.69) is 0 Å². The number of aliphatic hydroxyl groups is 1. The van der Waals surface area contributed by atoms with Gasteiger partial charge < -0.3 is 14.6 Å². The quantitative estimate of drug-likeness (QED) is 0.634. The molecule has 64 valence electrons. The van der Waals surface area contributed by atoms with Crippen molar-refractivity contribution in [1.82, 2.24) is 0 Å². The van der Waals surface area contributed by atoms with Crippen LogP contribution in [-0.4, -0.2) is 37.1 Å². The maximum atomic E-state index is 9.39. The summed E-state index contributed by atoms with van der Waals surface area (Å²) in [7, 11) is 0. The highest BCUT2D eigenvalue weighted by Crippen LogP contribution is 2.32. The molecule has 1 heterocycles. The van der Waals surface area contributed by atoms with Crippen LogP contribution in [0.15, 0.2) is 0 Å². The van der Waals surface area contributed by atoms with Gasteiger partial charge in [0.1, 0.15) is 6.10 Å². The molecule has 3 nitrogen and oxygen atoms in total. The van der Waals surface area contributed by atoms with E-state index < -0.39 is 0 Å². The Bertz CT molecular complexity index is 129. The lowest BCUT2D eigenvalue weighted by Gasteiger charge is -2.26. The van der Waals surface area contributed by atoms with E-state index >= 15 is 0 Å². The zero-order valence-electron chi connectivity index (χ0n) is 6.53. The van der Waals surface area contributed by atoms with Crippen LogP contribution in [0.5, 0.6) is 0 Å². The molecule has 0 bridgehead atoms. The first-order valence-electron chi connectivity index (χ1n) is 4.23. The summed E-state index contributed by atoms with van der Waals surface area (Å²) in [6, 6.07) is 0. The minimum absolute atomic E-state index is 0.226. The zero-order valence-corrected chi connectivity index (χ0v) is 6.53. The third kappa shape index (κ3) is 1.92. The van der Waals surface area contributed by atoms with Crippen molar-refractivity contribution in [1.29, 1.82) is 0 Å². The Balaban J connectivity index is 1.57. The largest absolute Gasteiger partial charge is 0.390 e. The van der Waals surface area contributed by atoms with Crippen LogP contribution in [0.25, 0.3) is 0 Å². The van der Waals surface area contributed by atoms with Crippen molar-refractivity contribution in [3.05, 3.63) is 0 Å². The molecule has 11 heavy (non-hydrogen) atoms. The molecule has 0 spiro atoms. The summed E-state index contributed by atoms with van der Waals surface area (Å²) in [5, 5.41) is 9.39. The van der Waals surface area contributed by atoms with Crippen LogP contribution < -0.4 is 0 Å². The second-order valence-corrected chi connectivity index (χ2v) is 3.40. The van der Waals surface area contributed by atoms with E-state index in [1.807, 2.05) is 0 Å². The van der Waals surface area contributed by atoms with Crippen molar-refractivity contribution < 1.29 is 14.6 Å². The van der Waals surface area contributed by atoms with Gasteiger partial charge in [-0.3, -0.25) is 0 Å². The van der Waals surface area contributed by atoms with Crippen molar-refractivity contribution in [2.24, 2.45) is 5.92 Å². The molecule has 0 amide bonds. The first kappa shape index (κ1) is 7.53. The predicted octanol–water partition coefficient (Wildman–Crippen LogP) is 0.173. The maximum absolute atomic E-state index is 9.39. The molecular formula is C8H14O3. The van der Waals surface area contributed by atoms with Crippen molar-refractivity contribution in [2.75, 3.05) is 19.8 Å². The molecule has 1 atom stereocenters. The van der Waals surface area contributed by atoms with Gasteiger partial charge >= 0.3 is 0 Å². The maximum Gasteiger partial charge on any atom is 0.104 e. The Labute approximate surface area is 66.3 Å². The van der Waals surface area contributed by atoms with E-state index in [1.165, 1.54) is 12.8 Å². The highest BCUT2D eigenvalue weighted by molar-refractivity contribution is 4.81. The Kier molecular flexibility index (Phi) is 2.11. The Morgan fingerprint density at radius 1 is 1.45 bits per heavy atom. The first-order valence-corrected chi connectivity index (χ1v) is 4.23. The third-order valence-electron chi connectivity index (χ3n) is 2.28. The first-order chi connectivity index (χ1) is 5.36. The molecule has 2 aliphatic rings. The summed E-state index contributed by atoms with van der Waals surface area (Å²) in [6.45, 7) is 1.91. The predicted molar refractivity (Wildman–Crippen MR) is 39.3 cm³/mol. The summed E-state index contributed by atoms with van der Waals surface area (Å²) in [5.41, 5.74) is 0. The van der Waals surface area contributed by atoms with E-state index in [0.717, 1.165) is 0 Å². The van der Waals surface area contributed by atoms with Crippen LogP contribution in [0.1, 0.15) is 12.8 Å². The van der Waals surface area contributed by atoms with Gasteiger partial charge in [0.15, 0.2) is 0 Å². The summed E-state index contributed by atoms with van der Waals surface area (Å²) in [5.74, 6) is 0.524.